The number of hydrogen-bond acceptors (Lipinski definition) is 3. The average molecular weight is 217 g/mol. The molecule has 1 aromatic rings. The smallest absolute Gasteiger partial charge is 0.224 e. The van der Waals surface area contributed by atoms with E-state index in [1.54, 1.807) is 5.94 Å². The number of benzene rings is 1. The number of carbonyl (C=O) groups excluding carboxylic acids is 1. The lowest BCUT2D eigenvalue weighted by Gasteiger charge is -2.07. The number of nitrogens with zero attached hydrogens (tertiary/aromatic N) is 1. The van der Waals surface area contributed by atoms with Gasteiger partial charge >= 0.3 is 0 Å². The van der Waals surface area contributed by atoms with Gasteiger partial charge in [-0.1, -0.05) is 17.7 Å². The van der Waals surface area contributed by atoms with Crippen molar-refractivity contribution in [3.63, 3.8) is 0 Å². The molecule has 0 saturated carbocycles. The van der Waals surface area contributed by atoms with Crippen LogP contribution in [0.15, 0.2) is 23.2 Å². The van der Waals surface area contributed by atoms with Gasteiger partial charge in [-0.25, -0.2) is 9.79 Å². The molecule has 0 fully saturated rings. The minimum atomic E-state index is 0.269. The second-order valence-electron chi connectivity index (χ2n) is 3.66. The molecule has 0 radical (unpaired) electrons. The average Bonchev–Trinajstić information content (AvgIpc) is 2.21. The van der Waals surface area contributed by atoms with Crippen molar-refractivity contribution in [1.82, 2.24) is 0 Å². The molecule has 1 aromatic carbocycles. The molecular weight excluding hydrogens is 202 g/mol. The van der Waals surface area contributed by atoms with Crippen molar-refractivity contribution < 1.29 is 9.53 Å². The Hall–Kier alpha value is -1.86. The summed E-state index contributed by atoms with van der Waals surface area (Å²) in [6.07, 6.45) is 1.18. The van der Waals surface area contributed by atoms with Crippen molar-refractivity contribution in [3.05, 3.63) is 34.9 Å². The van der Waals surface area contributed by atoms with Crippen LogP contribution in [0.4, 0.5) is 5.69 Å². The van der Waals surface area contributed by atoms with Crippen LogP contribution in [0, 0.1) is 20.8 Å². The summed E-state index contributed by atoms with van der Waals surface area (Å²) in [6, 6.07) is 4.09. The summed E-state index contributed by atoms with van der Waals surface area (Å²) in [4.78, 5) is 14.5. The molecule has 0 atom stereocenters. The summed E-state index contributed by atoms with van der Waals surface area (Å²) in [7, 11) is 1.48. The number of aliphatic imine (C=N–C) groups is 1. The number of aryl methyl sites for hydroxylation is 3. The molecular formula is C13H15NO2. The highest BCUT2D eigenvalue weighted by Gasteiger charge is 2.04. The zero-order valence-corrected chi connectivity index (χ0v) is 10.00. The third kappa shape index (κ3) is 2.81. The van der Waals surface area contributed by atoms with Crippen LogP contribution in [0.25, 0.3) is 0 Å². The molecule has 1 rings (SSSR count). The van der Waals surface area contributed by atoms with Crippen LogP contribution in [0.5, 0.6) is 0 Å². The largest absolute Gasteiger partial charge is 0.480 e. The van der Waals surface area contributed by atoms with Crippen molar-refractivity contribution in [2.75, 3.05) is 7.11 Å². The Bertz CT molecular complexity index is 446. The van der Waals surface area contributed by atoms with Crippen LogP contribution in [-0.4, -0.2) is 18.9 Å². The molecule has 0 saturated heterocycles. The summed E-state index contributed by atoms with van der Waals surface area (Å²) in [5.41, 5.74) is 4.16. The van der Waals surface area contributed by atoms with Gasteiger partial charge in [-0.05, 0) is 31.9 Å². The highest BCUT2D eigenvalue weighted by molar-refractivity contribution is 5.96. The van der Waals surface area contributed by atoms with E-state index < -0.39 is 0 Å². The van der Waals surface area contributed by atoms with Crippen molar-refractivity contribution in [2.45, 2.75) is 20.8 Å². The van der Waals surface area contributed by atoms with E-state index in [0.29, 0.717) is 0 Å². The Morgan fingerprint density at radius 2 is 1.88 bits per heavy atom. The van der Waals surface area contributed by atoms with Gasteiger partial charge in [0.25, 0.3) is 0 Å². The lowest BCUT2D eigenvalue weighted by molar-refractivity contribution is 0.407. The summed E-state index contributed by atoms with van der Waals surface area (Å²) >= 11 is 0. The molecule has 16 heavy (non-hydrogen) atoms. The second kappa shape index (κ2) is 5.29. The maximum absolute atomic E-state index is 10.2. The molecule has 0 spiro atoms. The lowest BCUT2D eigenvalue weighted by atomic mass is 10.1. The minimum Gasteiger partial charge on any atom is -0.480 e. The van der Waals surface area contributed by atoms with E-state index >= 15 is 0 Å². The van der Waals surface area contributed by atoms with Crippen LogP contribution < -0.4 is 0 Å². The van der Waals surface area contributed by atoms with E-state index in [9.17, 15) is 4.79 Å². The third-order valence-electron chi connectivity index (χ3n) is 2.25. The Morgan fingerprint density at radius 1 is 1.31 bits per heavy atom. The van der Waals surface area contributed by atoms with E-state index in [1.807, 2.05) is 32.9 Å². The molecule has 0 amide bonds. The first-order valence-corrected chi connectivity index (χ1v) is 5.00. The molecule has 0 bridgehead atoms. The van der Waals surface area contributed by atoms with Crippen molar-refractivity contribution in [2.24, 2.45) is 4.99 Å². The molecule has 0 aliphatic heterocycles. The van der Waals surface area contributed by atoms with Gasteiger partial charge in [0.1, 0.15) is 5.94 Å². The molecule has 0 aliphatic rings. The lowest BCUT2D eigenvalue weighted by Crippen LogP contribution is -1.97. The molecule has 84 valence electrons. The van der Waals surface area contributed by atoms with Crippen LogP contribution in [-0.2, 0) is 9.53 Å². The molecule has 0 unspecified atom stereocenters. The highest BCUT2D eigenvalue weighted by atomic mass is 16.5. The van der Waals surface area contributed by atoms with E-state index in [2.05, 4.69) is 4.99 Å². The quantitative estimate of drug-likeness (QED) is 0.434. The molecule has 0 N–H and O–H groups in total. The van der Waals surface area contributed by atoms with Crippen LogP contribution >= 0.6 is 0 Å². The SMILES string of the molecule is COC(C=C=O)=Nc1c(C)cc(C)cc1C. The van der Waals surface area contributed by atoms with Gasteiger partial charge in [-0.3, -0.25) is 0 Å². The van der Waals surface area contributed by atoms with Crippen LogP contribution in [0.3, 0.4) is 0 Å². The summed E-state index contributed by atoms with van der Waals surface area (Å²) < 4.78 is 4.97. The van der Waals surface area contributed by atoms with Gasteiger partial charge in [0.15, 0.2) is 0 Å². The molecule has 0 aromatic heterocycles. The number of rotatable bonds is 2. The molecule has 3 nitrogen and oxygen atoms in total. The zero-order chi connectivity index (χ0) is 12.1. The van der Waals surface area contributed by atoms with E-state index in [0.717, 1.165) is 16.8 Å². The van der Waals surface area contributed by atoms with Gasteiger partial charge in [-0.2, -0.15) is 0 Å². The summed E-state index contributed by atoms with van der Waals surface area (Å²) in [5, 5.41) is 0. The topological polar surface area (TPSA) is 38.7 Å². The van der Waals surface area contributed by atoms with Crippen molar-refractivity contribution >= 4 is 17.5 Å². The normalized spacial score (nSPS) is 10.9. The van der Waals surface area contributed by atoms with E-state index in [4.69, 9.17) is 4.74 Å². The fourth-order valence-corrected chi connectivity index (χ4v) is 1.65. The fourth-order valence-electron chi connectivity index (χ4n) is 1.65. The first kappa shape index (κ1) is 12.2. The standard InChI is InChI=1S/C13H15NO2/c1-9-7-10(2)13(11(3)8-9)14-12(16-4)5-6-15/h5,7-8H,1-4H3. The number of methoxy groups -OCH3 is 1. The Labute approximate surface area is 95.5 Å². The first-order valence-electron chi connectivity index (χ1n) is 5.00. The first-order chi connectivity index (χ1) is 7.58. The predicted octanol–water partition coefficient (Wildman–Crippen LogP) is 2.68. The van der Waals surface area contributed by atoms with Crippen molar-refractivity contribution in [3.8, 4) is 0 Å². The molecule has 0 heterocycles. The second-order valence-corrected chi connectivity index (χ2v) is 3.66. The monoisotopic (exact) mass is 217 g/mol. The molecule has 0 aliphatic carbocycles. The Morgan fingerprint density at radius 3 is 2.31 bits per heavy atom. The summed E-state index contributed by atoms with van der Waals surface area (Å²) in [5.74, 6) is 1.93. The maximum atomic E-state index is 10.2. The predicted molar refractivity (Wildman–Crippen MR) is 65.0 cm³/mol. The van der Waals surface area contributed by atoms with E-state index in [1.165, 1.54) is 18.7 Å². The van der Waals surface area contributed by atoms with Crippen LogP contribution in [0.2, 0.25) is 0 Å². The summed E-state index contributed by atoms with van der Waals surface area (Å²) in [6.45, 7) is 6.00. The zero-order valence-electron chi connectivity index (χ0n) is 10.00. The molecule has 3 heteroatoms. The van der Waals surface area contributed by atoms with Gasteiger partial charge < -0.3 is 4.74 Å². The maximum Gasteiger partial charge on any atom is 0.224 e. The van der Waals surface area contributed by atoms with Crippen LogP contribution in [0.1, 0.15) is 16.7 Å². The van der Waals surface area contributed by atoms with Crippen molar-refractivity contribution in [1.29, 1.82) is 0 Å². The number of hydrogen-bond donors (Lipinski definition) is 0. The third-order valence-corrected chi connectivity index (χ3v) is 2.25. The van der Waals surface area contributed by atoms with E-state index in [-0.39, 0.29) is 5.90 Å². The number of ether oxygens (including phenoxy) is 1. The van der Waals surface area contributed by atoms with Gasteiger partial charge in [0.05, 0.1) is 18.9 Å². The van der Waals surface area contributed by atoms with Gasteiger partial charge in [-0.15, -0.1) is 0 Å². The highest BCUT2D eigenvalue weighted by Crippen LogP contribution is 2.25. The van der Waals surface area contributed by atoms with Gasteiger partial charge in [0.2, 0.25) is 5.90 Å². The Balaban J connectivity index is 3.28. The minimum absolute atomic E-state index is 0.269. The Kier molecular flexibility index (Phi) is 4.03. The fraction of sp³-hybridized carbons (Fsp3) is 0.308. The van der Waals surface area contributed by atoms with Gasteiger partial charge in [0, 0.05) is 0 Å².